The number of methoxy groups -OCH3 is 1. The van der Waals surface area contributed by atoms with Gasteiger partial charge in [-0.05, 0) is 67.4 Å². The summed E-state index contributed by atoms with van der Waals surface area (Å²) in [4.78, 5) is 10.7. The van der Waals surface area contributed by atoms with Crippen molar-refractivity contribution in [1.29, 1.82) is 0 Å². The van der Waals surface area contributed by atoms with E-state index < -0.39 is 0 Å². The SMILES string of the molecule is CNCCON1CCC(c2ccc(Oc3ccc4c(c3)OCCN4C)cc2)C(OCc2ccc3c(c2)N(CCCOC)CCO3)C1. The zero-order valence-electron chi connectivity index (χ0n) is 27.4. The van der Waals surface area contributed by atoms with Crippen LogP contribution in [0.25, 0.3) is 0 Å². The quantitative estimate of drug-likeness (QED) is 0.244. The smallest absolute Gasteiger partial charge is 0.146 e. The summed E-state index contributed by atoms with van der Waals surface area (Å²) in [7, 11) is 5.77. The lowest BCUT2D eigenvalue weighted by molar-refractivity contribution is -0.197. The Labute approximate surface area is 273 Å². The maximum atomic E-state index is 6.72. The minimum atomic E-state index is -0.0324. The molecule has 1 saturated heterocycles. The fourth-order valence-corrected chi connectivity index (χ4v) is 6.40. The van der Waals surface area contributed by atoms with Gasteiger partial charge < -0.3 is 38.8 Å². The van der Waals surface area contributed by atoms with E-state index in [1.165, 1.54) is 5.56 Å². The number of benzene rings is 3. The van der Waals surface area contributed by atoms with Crippen LogP contribution < -0.4 is 29.3 Å². The minimum Gasteiger partial charge on any atom is -0.490 e. The van der Waals surface area contributed by atoms with Crippen molar-refractivity contribution in [2.24, 2.45) is 0 Å². The molecule has 2 unspecified atom stereocenters. The molecule has 0 radical (unpaired) electrons. The second kappa shape index (κ2) is 15.8. The van der Waals surface area contributed by atoms with Crippen molar-refractivity contribution >= 4 is 11.4 Å². The molecule has 3 aromatic carbocycles. The van der Waals surface area contributed by atoms with E-state index in [1.54, 1.807) is 7.11 Å². The average Bonchev–Trinajstić information content (AvgIpc) is 3.08. The van der Waals surface area contributed by atoms with E-state index in [0.717, 1.165) is 92.1 Å². The highest BCUT2D eigenvalue weighted by atomic mass is 16.7. The van der Waals surface area contributed by atoms with Crippen LogP contribution in [0.1, 0.15) is 29.9 Å². The molecule has 3 aliphatic heterocycles. The predicted octanol–water partition coefficient (Wildman–Crippen LogP) is 5.07. The van der Waals surface area contributed by atoms with Gasteiger partial charge in [-0.15, -0.1) is 0 Å². The first-order valence-electron chi connectivity index (χ1n) is 16.5. The Morgan fingerprint density at radius 2 is 1.70 bits per heavy atom. The third-order valence-corrected chi connectivity index (χ3v) is 8.94. The predicted molar refractivity (Wildman–Crippen MR) is 180 cm³/mol. The summed E-state index contributed by atoms with van der Waals surface area (Å²) in [5.41, 5.74) is 4.60. The fraction of sp³-hybridized carbons (Fsp3) is 0.500. The molecule has 3 aliphatic rings. The van der Waals surface area contributed by atoms with Crippen LogP contribution >= 0.6 is 0 Å². The van der Waals surface area contributed by atoms with Crippen LogP contribution in [0.4, 0.5) is 11.4 Å². The fourth-order valence-electron chi connectivity index (χ4n) is 6.40. The normalized spacial score (nSPS) is 19.6. The van der Waals surface area contributed by atoms with Crippen molar-refractivity contribution in [3.63, 3.8) is 0 Å². The van der Waals surface area contributed by atoms with Gasteiger partial charge in [-0.25, -0.2) is 0 Å². The van der Waals surface area contributed by atoms with E-state index in [1.807, 2.05) is 19.2 Å². The third-order valence-electron chi connectivity index (χ3n) is 8.94. The van der Waals surface area contributed by atoms with Crippen LogP contribution in [0, 0.1) is 0 Å². The van der Waals surface area contributed by atoms with E-state index in [-0.39, 0.29) is 12.0 Å². The highest BCUT2D eigenvalue weighted by molar-refractivity contribution is 5.62. The number of nitrogens with one attached hydrogen (secondary N) is 1. The van der Waals surface area contributed by atoms with Gasteiger partial charge in [-0.1, -0.05) is 18.2 Å². The molecule has 10 nitrogen and oxygen atoms in total. The number of hydroxylamine groups is 2. The first-order chi connectivity index (χ1) is 22.6. The Bertz CT molecular complexity index is 1410. The Morgan fingerprint density at radius 1 is 0.870 bits per heavy atom. The minimum absolute atomic E-state index is 0.0324. The van der Waals surface area contributed by atoms with Gasteiger partial charge in [-0.3, -0.25) is 4.84 Å². The van der Waals surface area contributed by atoms with Crippen LogP contribution in [0.3, 0.4) is 0 Å². The second-order valence-electron chi connectivity index (χ2n) is 12.1. The Morgan fingerprint density at radius 3 is 2.54 bits per heavy atom. The van der Waals surface area contributed by atoms with Crippen LogP contribution in [0.5, 0.6) is 23.0 Å². The van der Waals surface area contributed by atoms with Gasteiger partial charge in [0.05, 0.1) is 50.3 Å². The maximum Gasteiger partial charge on any atom is 0.146 e. The molecule has 10 heteroatoms. The van der Waals surface area contributed by atoms with Gasteiger partial charge in [0.2, 0.25) is 0 Å². The Balaban J connectivity index is 1.13. The molecule has 2 atom stereocenters. The number of hydrogen-bond acceptors (Lipinski definition) is 10. The summed E-state index contributed by atoms with van der Waals surface area (Å²) in [6.07, 6.45) is 1.88. The van der Waals surface area contributed by atoms with Crippen molar-refractivity contribution in [2.45, 2.75) is 31.5 Å². The topological polar surface area (TPSA) is 77.1 Å². The highest BCUT2D eigenvalue weighted by Gasteiger charge is 2.32. The van der Waals surface area contributed by atoms with Crippen molar-refractivity contribution in [3.05, 3.63) is 71.8 Å². The molecular weight excluding hydrogens is 584 g/mol. The largest absolute Gasteiger partial charge is 0.490 e. The molecular formula is C36H48N4O6. The Hall–Kier alpha value is -3.54. The van der Waals surface area contributed by atoms with Crippen molar-refractivity contribution in [1.82, 2.24) is 10.4 Å². The van der Waals surface area contributed by atoms with Gasteiger partial charge in [0.15, 0.2) is 0 Å². The Kier molecular flexibility index (Phi) is 11.2. The lowest BCUT2D eigenvalue weighted by Gasteiger charge is -2.38. The van der Waals surface area contributed by atoms with Crippen molar-refractivity contribution < 1.29 is 28.5 Å². The number of piperidine rings is 1. The maximum absolute atomic E-state index is 6.72. The van der Waals surface area contributed by atoms with Gasteiger partial charge in [-0.2, -0.15) is 5.06 Å². The van der Waals surface area contributed by atoms with E-state index >= 15 is 0 Å². The molecule has 0 saturated carbocycles. The molecule has 0 aliphatic carbocycles. The molecule has 3 aromatic rings. The summed E-state index contributed by atoms with van der Waals surface area (Å²) in [6.45, 7) is 8.33. The number of rotatable bonds is 14. The first-order valence-corrected chi connectivity index (χ1v) is 16.5. The number of hydrogen-bond donors (Lipinski definition) is 1. The summed E-state index contributed by atoms with van der Waals surface area (Å²) in [6, 6.07) is 20.9. The molecule has 1 N–H and O–H groups in total. The van der Waals surface area contributed by atoms with Gasteiger partial charge >= 0.3 is 0 Å². The monoisotopic (exact) mass is 632 g/mol. The zero-order valence-corrected chi connectivity index (χ0v) is 27.4. The van der Waals surface area contributed by atoms with Gasteiger partial charge in [0.25, 0.3) is 0 Å². The lowest BCUT2D eigenvalue weighted by Crippen LogP contribution is -2.44. The molecule has 0 amide bonds. The lowest BCUT2D eigenvalue weighted by atomic mass is 9.87. The molecule has 0 bridgehead atoms. The standard InChI is InChI=1S/C36H48N4O6/c1-37-14-20-45-40-16-13-31(28-6-8-29(9-7-28)46-30-10-11-32-35(24-30)43-21-17-38(32)2)36(25-40)44-26-27-5-12-34-33(23-27)39(18-22-42-34)15-4-19-41-3/h5-12,23-24,31,36-37H,4,13-22,25-26H2,1-3H3. The van der Waals surface area contributed by atoms with Crippen molar-refractivity contribution in [2.75, 3.05) is 96.7 Å². The van der Waals surface area contributed by atoms with Crippen molar-refractivity contribution in [3.8, 4) is 23.0 Å². The molecule has 3 heterocycles. The molecule has 6 rings (SSSR count). The van der Waals surface area contributed by atoms with E-state index in [4.69, 9.17) is 28.5 Å². The molecule has 46 heavy (non-hydrogen) atoms. The summed E-state index contributed by atoms with van der Waals surface area (Å²) >= 11 is 0. The number of anilines is 2. The number of nitrogens with zero attached hydrogens (tertiary/aromatic N) is 3. The summed E-state index contributed by atoms with van der Waals surface area (Å²) in [5.74, 6) is 3.59. The second-order valence-corrected chi connectivity index (χ2v) is 12.1. The summed E-state index contributed by atoms with van der Waals surface area (Å²) < 4.78 is 30.1. The molecule has 0 aromatic heterocycles. The number of likely N-dealkylation sites (N-methyl/N-ethyl adjacent to an activating group) is 2. The number of ether oxygens (including phenoxy) is 5. The van der Waals surface area contributed by atoms with Crippen LogP contribution in [0.2, 0.25) is 0 Å². The third kappa shape index (κ3) is 8.05. The van der Waals surface area contributed by atoms with Crippen LogP contribution in [-0.4, -0.2) is 98.1 Å². The first kappa shape index (κ1) is 32.4. The van der Waals surface area contributed by atoms with Crippen LogP contribution in [0.15, 0.2) is 60.7 Å². The van der Waals surface area contributed by atoms with Gasteiger partial charge in [0.1, 0.15) is 36.2 Å². The van der Waals surface area contributed by atoms with E-state index in [0.29, 0.717) is 33.0 Å². The highest BCUT2D eigenvalue weighted by Crippen LogP contribution is 2.38. The molecule has 1 fully saturated rings. The zero-order chi connectivity index (χ0) is 31.7. The molecule has 248 valence electrons. The molecule has 0 spiro atoms. The average molecular weight is 633 g/mol. The van der Waals surface area contributed by atoms with Gasteiger partial charge in [0, 0.05) is 52.4 Å². The van der Waals surface area contributed by atoms with E-state index in [9.17, 15) is 0 Å². The van der Waals surface area contributed by atoms with Crippen LogP contribution in [-0.2, 0) is 20.9 Å². The number of fused-ring (bicyclic) bond motifs is 2. The van der Waals surface area contributed by atoms with E-state index in [2.05, 4.69) is 75.8 Å². The summed E-state index contributed by atoms with van der Waals surface area (Å²) in [5, 5.41) is 5.22.